The number of carboxylic acid groups (broad SMARTS) is 1. The van der Waals surface area contributed by atoms with Crippen LogP contribution in [0.5, 0.6) is 0 Å². The third kappa shape index (κ3) is 17.2. The number of benzene rings is 2. The van der Waals surface area contributed by atoms with Gasteiger partial charge in [0.25, 0.3) is 0 Å². The van der Waals surface area contributed by atoms with E-state index in [9.17, 15) is 55.5 Å². The molecule has 2 aromatic carbocycles. The van der Waals surface area contributed by atoms with E-state index in [1.165, 1.54) is 10.5 Å². The summed E-state index contributed by atoms with van der Waals surface area (Å²) in [4.78, 5) is 25.8. The Morgan fingerprint density at radius 2 is 1.07 bits per heavy atom. The lowest BCUT2D eigenvalue weighted by Crippen LogP contribution is -2.53. The fourth-order valence-corrected chi connectivity index (χ4v) is 6.06. The van der Waals surface area contributed by atoms with Crippen LogP contribution in [0.1, 0.15) is 49.7 Å². The fourth-order valence-electron chi connectivity index (χ4n) is 6.06. The monoisotopic (exact) mass is 782 g/mol. The maximum atomic E-state index is 12.9. The van der Waals surface area contributed by atoms with E-state index in [-0.39, 0.29) is 25.8 Å². The Kier molecular flexibility index (Phi) is 22.4. The number of aryl methyl sites for hydroxylation is 2. The number of nitrogens with one attached hydrogen (secondary N) is 2. The van der Waals surface area contributed by atoms with Crippen molar-refractivity contribution in [2.24, 2.45) is 5.73 Å². The molecule has 2 rings (SSSR count). The molecule has 0 aliphatic rings. The average molecular weight is 783 g/mol. The van der Waals surface area contributed by atoms with Crippen molar-refractivity contribution in [1.82, 2.24) is 15.5 Å². The molecule has 55 heavy (non-hydrogen) atoms. The van der Waals surface area contributed by atoms with Crippen molar-refractivity contribution in [3.63, 3.8) is 0 Å². The molecule has 2 amide bonds. The number of hydrogen-bond acceptors (Lipinski definition) is 14. The summed E-state index contributed by atoms with van der Waals surface area (Å²) in [6.45, 7) is -1.66. The summed E-state index contributed by atoms with van der Waals surface area (Å²) >= 11 is 0. The molecule has 312 valence electrons. The van der Waals surface area contributed by atoms with Gasteiger partial charge in [-0.2, -0.15) is 0 Å². The van der Waals surface area contributed by atoms with Crippen LogP contribution in [0.4, 0.5) is 4.79 Å². The number of aliphatic hydroxyl groups excluding tert-OH is 10. The molecule has 0 unspecified atom stereocenters. The van der Waals surface area contributed by atoms with Gasteiger partial charge in [-0.1, -0.05) is 48.5 Å². The first-order valence-corrected chi connectivity index (χ1v) is 18.8. The molecule has 17 heteroatoms. The number of nitrogens with two attached hydrogens (primary N) is 1. The minimum Gasteiger partial charge on any atom is -0.465 e. The van der Waals surface area contributed by atoms with Gasteiger partial charge >= 0.3 is 6.09 Å². The van der Waals surface area contributed by atoms with Crippen molar-refractivity contribution in [3.8, 4) is 11.1 Å². The van der Waals surface area contributed by atoms with Crippen LogP contribution >= 0.6 is 0 Å². The first kappa shape index (κ1) is 47.9. The fraction of sp³-hybridized carbons (Fsp3) is 0.632. The van der Waals surface area contributed by atoms with Gasteiger partial charge in [-0.25, -0.2) is 4.79 Å². The molecule has 0 aliphatic carbocycles. The van der Waals surface area contributed by atoms with E-state index >= 15 is 0 Å². The SMILES string of the molecule is NCCCCc1ccc(-c2ccc(CCCNC(=O)[C@H](CCCCN(C[C@H](O)[C@@H](O)[C@H](O)[C@H](O)CO)C[C@H](O)[C@@H](O)[C@H](O)[C@H](O)CO)NC(=O)O)cc2)cc1. The van der Waals surface area contributed by atoms with Gasteiger partial charge in [0.15, 0.2) is 0 Å². The highest BCUT2D eigenvalue weighted by molar-refractivity contribution is 5.85. The van der Waals surface area contributed by atoms with Gasteiger partial charge in [0.1, 0.15) is 42.7 Å². The zero-order chi connectivity index (χ0) is 40.9. The van der Waals surface area contributed by atoms with Crippen LogP contribution in [0.3, 0.4) is 0 Å². The molecule has 0 radical (unpaired) electrons. The minimum atomic E-state index is -1.93. The highest BCUT2D eigenvalue weighted by Gasteiger charge is 2.34. The van der Waals surface area contributed by atoms with Crippen LogP contribution in [0.25, 0.3) is 11.1 Å². The summed E-state index contributed by atoms with van der Waals surface area (Å²) in [5, 5.41) is 113. The molecular weight excluding hydrogens is 720 g/mol. The van der Waals surface area contributed by atoms with Crippen molar-refractivity contribution in [1.29, 1.82) is 0 Å². The van der Waals surface area contributed by atoms with E-state index in [2.05, 4.69) is 34.9 Å². The van der Waals surface area contributed by atoms with Crippen LogP contribution in [0, 0.1) is 0 Å². The van der Waals surface area contributed by atoms with E-state index in [0.717, 1.165) is 36.0 Å². The maximum absolute atomic E-state index is 12.9. The second-order valence-electron chi connectivity index (χ2n) is 13.9. The number of nitrogens with zero attached hydrogens (tertiary/aromatic N) is 1. The number of amides is 2. The van der Waals surface area contributed by atoms with E-state index in [0.29, 0.717) is 25.9 Å². The normalized spacial score (nSPS) is 16.7. The van der Waals surface area contributed by atoms with Gasteiger partial charge < -0.3 is 72.5 Å². The molecule has 0 heterocycles. The summed E-state index contributed by atoms with van der Waals surface area (Å²) in [6, 6.07) is 15.5. The molecule has 0 fully saturated rings. The predicted octanol–water partition coefficient (Wildman–Crippen LogP) is -2.34. The summed E-state index contributed by atoms with van der Waals surface area (Å²) < 4.78 is 0. The Bertz CT molecular complexity index is 1330. The van der Waals surface area contributed by atoms with Gasteiger partial charge in [0, 0.05) is 19.6 Å². The van der Waals surface area contributed by atoms with Gasteiger partial charge in [0.05, 0.1) is 25.4 Å². The van der Waals surface area contributed by atoms with Gasteiger partial charge in [0.2, 0.25) is 5.91 Å². The van der Waals surface area contributed by atoms with E-state index in [4.69, 9.17) is 15.9 Å². The third-order valence-corrected chi connectivity index (χ3v) is 9.47. The molecule has 15 N–H and O–H groups in total. The maximum Gasteiger partial charge on any atom is 0.405 e. The topological polar surface area (TPSA) is 310 Å². The van der Waals surface area contributed by atoms with Crippen LogP contribution < -0.4 is 16.4 Å². The van der Waals surface area contributed by atoms with Gasteiger partial charge in [-0.3, -0.25) is 9.69 Å². The van der Waals surface area contributed by atoms with Gasteiger partial charge in [-0.05, 0) is 86.7 Å². The van der Waals surface area contributed by atoms with E-state index in [1.54, 1.807) is 0 Å². The van der Waals surface area contributed by atoms with E-state index in [1.807, 2.05) is 24.3 Å². The first-order chi connectivity index (χ1) is 26.2. The Labute approximate surface area is 321 Å². The molecule has 0 aromatic heterocycles. The quantitative estimate of drug-likeness (QED) is 0.0403. The van der Waals surface area contributed by atoms with Crippen molar-refractivity contribution in [2.75, 3.05) is 45.9 Å². The number of unbranched alkanes of at least 4 members (excludes halogenated alkanes) is 2. The predicted molar refractivity (Wildman–Crippen MR) is 203 cm³/mol. The molecule has 9 atom stereocenters. The van der Waals surface area contributed by atoms with Crippen LogP contribution in [-0.4, -0.2) is 174 Å². The molecule has 17 nitrogen and oxygen atoms in total. The number of hydrogen-bond donors (Lipinski definition) is 14. The van der Waals surface area contributed by atoms with Gasteiger partial charge in [-0.15, -0.1) is 0 Å². The molecular formula is C38H62N4O13. The lowest BCUT2D eigenvalue weighted by atomic mass is 9.99. The first-order valence-electron chi connectivity index (χ1n) is 18.8. The smallest absolute Gasteiger partial charge is 0.405 e. The summed E-state index contributed by atoms with van der Waals surface area (Å²) in [7, 11) is 0. The molecule has 0 spiro atoms. The van der Waals surface area contributed by atoms with Crippen LogP contribution in [-0.2, 0) is 17.6 Å². The lowest BCUT2D eigenvalue weighted by molar-refractivity contribution is -0.130. The Hall–Kier alpha value is -3.30. The molecule has 0 bridgehead atoms. The number of rotatable bonds is 28. The summed E-state index contributed by atoms with van der Waals surface area (Å²) in [5.41, 5.74) is 10.1. The minimum absolute atomic E-state index is 0.0333. The van der Waals surface area contributed by atoms with Crippen molar-refractivity contribution < 1.29 is 65.8 Å². The summed E-state index contributed by atoms with van der Waals surface area (Å²) in [6.07, 6.45) is -11.2. The average Bonchev–Trinajstić information content (AvgIpc) is 3.18. The standard InChI is InChI=1S/C38H62N4O13/c39-17-3-1-6-24-9-13-26(14-10-24)27-15-11-25(12-16-27)7-5-18-40-37(53)28(41-38(54)55)8-2-4-19-42(20-29(45)33(49)35(51)31(47)22-43)21-30(46)34(50)36(52)32(48)23-44/h9-16,28-36,41,43-52H,1-8,17-23,39H2,(H,40,53)(H,54,55)/t28-,29-,30-,31+,32+,33+,34+,35+,36+/m0/s1. The highest BCUT2D eigenvalue weighted by atomic mass is 16.4. The van der Waals surface area contributed by atoms with Crippen LogP contribution in [0.2, 0.25) is 0 Å². The second kappa shape index (κ2) is 25.8. The highest BCUT2D eigenvalue weighted by Crippen LogP contribution is 2.22. The van der Waals surface area contributed by atoms with Crippen molar-refractivity contribution in [3.05, 3.63) is 59.7 Å². The molecule has 2 aromatic rings. The third-order valence-electron chi connectivity index (χ3n) is 9.47. The zero-order valence-corrected chi connectivity index (χ0v) is 31.2. The van der Waals surface area contributed by atoms with Crippen molar-refractivity contribution >= 4 is 12.0 Å². The molecule has 0 saturated carbocycles. The van der Waals surface area contributed by atoms with Crippen molar-refractivity contribution in [2.45, 2.75) is 106 Å². The zero-order valence-electron chi connectivity index (χ0n) is 31.2. The molecule has 0 aliphatic heterocycles. The Morgan fingerprint density at radius 1 is 0.618 bits per heavy atom. The number of carbonyl (C=O) groups is 2. The molecule has 0 saturated heterocycles. The largest absolute Gasteiger partial charge is 0.465 e. The Balaban J connectivity index is 1.92. The Morgan fingerprint density at radius 3 is 1.51 bits per heavy atom. The van der Waals surface area contributed by atoms with E-state index < -0.39 is 93.2 Å². The summed E-state index contributed by atoms with van der Waals surface area (Å²) in [5.74, 6) is -0.522. The lowest BCUT2D eigenvalue weighted by Gasteiger charge is -2.33. The number of aliphatic hydroxyl groups is 10. The number of carbonyl (C=O) groups excluding carboxylic acids is 1. The van der Waals surface area contributed by atoms with Crippen LogP contribution in [0.15, 0.2) is 48.5 Å². The second-order valence-corrected chi connectivity index (χ2v) is 13.9.